The number of rotatable bonds is 4. The number of halogens is 2. The van der Waals surface area contributed by atoms with Crippen LogP contribution >= 0.6 is 31.9 Å². The van der Waals surface area contributed by atoms with Crippen LogP contribution in [0.2, 0.25) is 0 Å². The molecule has 1 N–H and O–H groups in total. The Morgan fingerprint density at radius 1 is 1.05 bits per heavy atom. The third-order valence-electron chi connectivity index (χ3n) is 2.83. The van der Waals surface area contributed by atoms with Crippen molar-refractivity contribution in [1.29, 1.82) is 0 Å². The smallest absolute Gasteiger partial charge is 0.144 e. The summed E-state index contributed by atoms with van der Waals surface area (Å²) in [6, 6.07) is 8.92. The third-order valence-corrected chi connectivity index (χ3v) is 4.16. The van der Waals surface area contributed by atoms with E-state index in [9.17, 15) is 5.11 Å². The highest BCUT2D eigenvalue weighted by atomic mass is 79.9. The number of hydrogen-bond acceptors (Lipinski definition) is 4. The highest BCUT2D eigenvalue weighted by Gasteiger charge is 2.09. The quantitative estimate of drug-likeness (QED) is 0.738. The van der Waals surface area contributed by atoms with E-state index in [1.807, 2.05) is 6.07 Å². The molecule has 0 saturated carbocycles. The van der Waals surface area contributed by atoms with Crippen molar-refractivity contribution >= 4 is 43.8 Å². The fourth-order valence-electron chi connectivity index (χ4n) is 1.71. The number of phenolic OH excluding ortho intramolecular Hbond substituents is 1. The first-order valence-electron chi connectivity index (χ1n) is 6.00. The first-order chi connectivity index (χ1) is 10.1. The van der Waals surface area contributed by atoms with Gasteiger partial charge in [-0.05, 0) is 56.1 Å². The summed E-state index contributed by atoms with van der Waals surface area (Å²) in [6.07, 6.45) is 1.57. The lowest BCUT2D eigenvalue weighted by Crippen LogP contribution is -1.89. The molecule has 4 nitrogen and oxygen atoms in total. The number of methoxy groups -OCH3 is 2. The highest BCUT2D eigenvalue weighted by Crippen LogP contribution is 2.34. The molecule has 21 heavy (non-hydrogen) atoms. The minimum absolute atomic E-state index is 0.120. The topological polar surface area (TPSA) is 51.0 Å². The molecular formula is C15H13Br2NO3. The van der Waals surface area contributed by atoms with Gasteiger partial charge in [0.2, 0.25) is 0 Å². The molecule has 0 heterocycles. The van der Waals surface area contributed by atoms with E-state index in [-0.39, 0.29) is 5.75 Å². The number of aliphatic imine (C=N–C) groups is 1. The van der Waals surface area contributed by atoms with Crippen molar-refractivity contribution in [3.63, 3.8) is 0 Å². The van der Waals surface area contributed by atoms with E-state index >= 15 is 0 Å². The van der Waals surface area contributed by atoms with E-state index in [1.54, 1.807) is 44.7 Å². The van der Waals surface area contributed by atoms with Crippen LogP contribution in [0.1, 0.15) is 5.56 Å². The van der Waals surface area contributed by atoms with Gasteiger partial charge < -0.3 is 14.6 Å². The Balaban J connectivity index is 2.44. The lowest BCUT2D eigenvalue weighted by Gasteiger charge is -2.07. The van der Waals surface area contributed by atoms with Crippen molar-refractivity contribution < 1.29 is 14.6 Å². The number of nitrogens with zero attached hydrogens (tertiary/aromatic N) is 1. The third kappa shape index (κ3) is 3.57. The summed E-state index contributed by atoms with van der Waals surface area (Å²) in [4.78, 5) is 4.38. The van der Waals surface area contributed by atoms with Gasteiger partial charge in [-0.25, -0.2) is 0 Å². The molecular weight excluding hydrogens is 402 g/mol. The molecule has 0 spiro atoms. The zero-order chi connectivity index (χ0) is 15.4. The van der Waals surface area contributed by atoms with Crippen LogP contribution in [-0.2, 0) is 0 Å². The SMILES string of the molecule is COc1ccc(OC)c(N=Cc2c(Br)ccc(Br)c2O)c1. The van der Waals surface area contributed by atoms with Gasteiger partial charge in [-0.3, -0.25) is 4.99 Å². The Hall–Kier alpha value is -1.53. The second kappa shape index (κ2) is 6.95. The van der Waals surface area contributed by atoms with Crippen LogP contribution in [0.3, 0.4) is 0 Å². The first kappa shape index (κ1) is 15.9. The summed E-state index contributed by atoms with van der Waals surface area (Å²) in [5.74, 6) is 1.42. The fraction of sp³-hybridized carbons (Fsp3) is 0.133. The van der Waals surface area contributed by atoms with E-state index in [1.165, 1.54) is 0 Å². The second-order valence-corrected chi connectivity index (χ2v) is 5.80. The van der Waals surface area contributed by atoms with Crippen molar-refractivity contribution in [2.75, 3.05) is 14.2 Å². The normalized spacial score (nSPS) is 10.9. The molecule has 0 saturated heterocycles. The van der Waals surface area contributed by atoms with Gasteiger partial charge in [0.1, 0.15) is 22.9 Å². The van der Waals surface area contributed by atoms with Gasteiger partial charge in [0.05, 0.1) is 18.7 Å². The number of phenols is 1. The summed E-state index contributed by atoms with van der Waals surface area (Å²) in [5.41, 5.74) is 1.19. The zero-order valence-corrected chi connectivity index (χ0v) is 14.6. The summed E-state index contributed by atoms with van der Waals surface area (Å²) in [5, 5.41) is 10.1. The van der Waals surface area contributed by atoms with Crippen LogP contribution in [0, 0.1) is 0 Å². The molecule has 0 aromatic heterocycles. The monoisotopic (exact) mass is 413 g/mol. The lowest BCUT2D eigenvalue weighted by molar-refractivity contribution is 0.404. The molecule has 0 aliphatic rings. The summed E-state index contributed by atoms with van der Waals surface area (Å²) < 4.78 is 11.8. The van der Waals surface area contributed by atoms with E-state index in [0.717, 1.165) is 4.47 Å². The molecule has 2 rings (SSSR count). The average Bonchev–Trinajstić information content (AvgIpc) is 2.50. The highest BCUT2D eigenvalue weighted by molar-refractivity contribution is 9.11. The van der Waals surface area contributed by atoms with Gasteiger partial charge in [0, 0.05) is 22.3 Å². The molecule has 6 heteroatoms. The van der Waals surface area contributed by atoms with E-state index in [2.05, 4.69) is 36.9 Å². The molecule has 2 aromatic carbocycles. The Morgan fingerprint density at radius 3 is 2.43 bits per heavy atom. The standard InChI is InChI=1S/C15H13Br2NO3/c1-20-9-3-6-14(21-2)13(7-9)18-8-10-11(16)4-5-12(17)15(10)19/h3-8,19H,1-2H3. The van der Waals surface area contributed by atoms with Crippen molar-refractivity contribution in [1.82, 2.24) is 0 Å². The van der Waals surface area contributed by atoms with Crippen LogP contribution in [0.25, 0.3) is 0 Å². The number of ether oxygens (including phenoxy) is 2. The van der Waals surface area contributed by atoms with Crippen LogP contribution in [0.15, 0.2) is 44.3 Å². The minimum Gasteiger partial charge on any atom is -0.506 e. The summed E-state index contributed by atoms with van der Waals surface area (Å²) in [6.45, 7) is 0. The van der Waals surface area contributed by atoms with Gasteiger partial charge >= 0.3 is 0 Å². The predicted octanol–water partition coefficient (Wildman–Crippen LogP) is 4.69. The fourth-order valence-corrected chi connectivity index (χ4v) is 2.48. The molecule has 0 atom stereocenters. The van der Waals surface area contributed by atoms with E-state index in [4.69, 9.17) is 9.47 Å². The van der Waals surface area contributed by atoms with Gasteiger partial charge in [0.25, 0.3) is 0 Å². The molecule has 0 fully saturated rings. The maximum atomic E-state index is 10.1. The lowest BCUT2D eigenvalue weighted by atomic mass is 10.2. The van der Waals surface area contributed by atoms with Crippen LogP contribution in [-0.4, -0.2) is 25.5 Å². The molecule has 2 aromatic rings. The molecule has 0 aliphatic carbocycles. The molecule has 0 aliphatic heterocycles. The van der Waals surface area contributed by atoms with Crippen molar-refractivity contribution in [3.05, 3.63) is 44.8 Å². The Labute approximate surface area is 139 Å². The molecule has 0 unspecified atom stereocenters. The first-order valence-corrected chi connectivity index (χ1v) is 7.58. The Morgan fingerprint density at radius 2 is 1.76 bits per heavy atom. The summed E-state index contributed by atoms with van der Waals surface area (Å²) in [7, 11) is 3.17. The minimum atomic E-state index is 0.120. The van der Waals surface area contributed by atoms with E-state index in [0.29, 0.717) is 27.2 Å². The predicted molar refractivity (Wildman–Crippen MR) is 90.3 cm³/mol. The number of benzene rings is 2. The molecule has 0 amide bonds. The Kier molecular flexibility index (Phi) is 5.25. The van der Waals surface area contributed by atoms with Gasteiger partial charge in [-0.15, -0.1) is 0 Å². The van der Waals surface area contributed by atoms with Gasteiger partial charge in [-0.1, -0.05) is 0 Å². The maximum Gasteiger partial charge on any atom is 0.144 e. The molecule has 0 radical (unpaired) electrons. The molecule has 110 valence electrons. The van der Waals surface area contributed by atoms with Crippen molar-refractivity contribution in [2.24, 2.45) is 4.99 Å². The number of aromatic hydroxyl groups is 1. The second-order valence-electron chi connectivity index (χ2n) is 4.09. The van der Waals surface area contributed by atoms with E-state index < -0.39 is 0 Å². The van der Waals surface area contributed by atoms with Gasteiger partial charge in [-0.2, -0.15) is 0 Å². The largest absolute Gasteiger partial charge is 0.506 e. The van der Waals surface area contributed by atoms with Crippen LogP contribution in [0.4, 0.5) is 5.69 Å². The average molecular weight is 415 g/mol. The van der Waals surface area contributed by atoms with Crippen molar-refractivity contribution in [2.45, 2.75) is 0 Å². The summed E-state index contributed by atoms with van der Waals surface area (Å²) >= 11 is 6.67. The van der Waals surface area contributed by atoms with Crippen LogP contribution in [0.5, 0.6) is 17.2 Å². The maximum absolute atomic E-state index is 10.1. The van der Waals surface area contributed by atoms with Crippen LogP contribution < -0.4 is 9.47 Å². The number of hydrogen-bond donors (Lipinski definition) is 1. The Bertz CT molecular complexity index is 687. The van der Waals surface area contributed by atoms with Gasteiger partial charge in [0.15, 0.2) is 0 Å². The van der Waals surface area contributed by atoms with Crippen molar-refractivity contribution in [3.8, 4) is 17.2 Å². The molecule has 0 bridgehead atoms. The zero-order valence-electron chi connectivity index (χ0n) is 11.4.